The minimum absolute atomic E-state index is 0.125. The molecule has 0 bridgehead atoms. The molecular formula is C24H24N6O. The third-order valence-electron chi connectivity index (χ3n) is 5.33. The van der Waals surface area contributed by atoms with Crippen LogP contribution in [0, 0.1) is 27.7 Å². The average Bonchev–Trinajstić information content (AvgIpc) is 3.03. The molecule has 0 spiro atoms. The molecule has 4 rings (SSSR count). The second kappa shape index (κ2) is 8.39. The number of rotatable bonds is 5. The molecule has 0 fully saturated rings. The number of hydrogen-bond donors (Lipinski definition) is 2. The van der Waals surface area contributed by atoms with Gasteiger partial charge in [-0.05, 0) is 81.3 Å². The van der Waals surface area contributed by atoms with Crippen molar-refractivity contribution in [3.8, 4) is 5.82 Å². The SMILES string of the molecule is Cc1ccccc1C(=O)Nc1ccc(Nc2ccc(-n3nc(C)c(C)c3C)nn2)cc1. The fraction of sp³-hybridized carbons (Fsp3) is 0.167. The van der Waals surface area contributed by atoms with Gasteiger partial charge in [0.15, 0.2) is 11.6 Å². The largest absolute Gasteiger partial charge is 0.339 e. The Kier molecular flexibility index (Phi) is 5.49. The zero-order valence-electron chi connectivity index (χ0n) is 18.0. The highest BCUT2D eigenvalue weighted by Gasteiger charge is 2.11. The molecule has 31 heavy (non-hydrogen) atoms. The number of aryl methyl sites for hydroxylation is 2. The standard InChI is InChI=1S/C24H24N6O/c1-15-7-5-6-8-21(15)24(31)26-20-11-9-19(10-12-20)25-22-13-14-23(28-27-22)30-18(4)16(2)17(3)29-30/h5-14H,1-4H3,(H,25,27)(H,26,31). The molecule has 0 aliphatic heterocycles. The number of anilines is 3. The summed E-state index contributed by atoms with van der Waals surface area (Å²) >= 11 is 0. The van der Waals surface area contributed by atoms with Crippen molar-refractivity contribution in [2.24, 2.45) is 0 Å². The van der Waals surface area contributed by atoms with Gasteiger partial charge in [-0.25, -0.2) is 4.68 Å². The van der Waals surface area contributed by atoms with Gasteiger partial charge in [-0.3, -0.25) is 4.79 Å². The van der Waals surface area contributed by atoms with Gasteiger partial charge in [-0.2, -0.15) is 5.10 Å². The molecule has 1 amide bonds. The van der Waals surface area contributed by atoms with Gasteiger partial charge < -0.3 is 10.6 Å². The lowest BCUT2D eigenvalue weighted by Crippen LogP contribution is -2.13. The first kappa shape index (κ1) is 20.3. The minimum atomic E-state index is -0.125. The van der Waals surface area contributed by atoms with E-state index in [1.54, 1.807) is 4.68 Å². The highest BCUT2D eigenvalue weighted by molar-refractivity contribution is 6.05. The van der Waals surface area contributed by atoms with Crippen LogP contribution in [0.2, 0.25) is 0 Å². The monoisotopic (exact) mass is 412 g/mol. The topological polar surface area (TPSA) is 84.7 Å². The Morgan fingerprint density at radius 2 is 1.55 bits per heavy atom. The van der Waals surface area contributed by atoms with Crippen LogP contribution >= 0.6 is 0 Å². The Bertz CT molecular complexity index is 1230. The van der Waals surface area contributed by atoms with E-state index in [0.29, 0.717) is 17.2 Å². The van der Waals surface area contributed by atoms with E-state index in [-0.39, 0.29) is 5.91 Å². The Hall–Kier alpha value is -4.00. The van der Waals surface area contributed by atoms with Crippen LogP contribution in [0.4, 0.5) is 17.2 Å². The molecule has 0 atom stereocenters. The van der Waals surface area contributed by atoms with Crippen molar-refractivity contribution in [2.45, 2.75) is 27.7 Å². The molecule has 0 unspecified atom stereocenters. The number of hydrogen-bond acceptors (Lipinski definition) is 5. The highest BCUT2D eigenvalue weighted by atomic mass is 16.1. The van der Waals surface area contributed by atoms with Gasteiger partial charge in [0.1, 0.15) is 0 Å². The Morgan fingerprint density at radius 3 is 2.16 bits per heavy atom. The Balaban J connectivity index is 1.42. The Labute approximate surface area is 181 Å². The molecule has 7 nitrogen and oxygen atoms in total. The molecule has 7 heteroatoms. The normalized spacial score (nSPS) is 10.7. The van der Waals surface area contributed by atoms with Crippen molar-refractivity contribution >= 4 is 23.1 Å². The Morgan fingerprint density at radius 1 is 0.839 bits per heavy atom. The lowest BCUT2D eigenvalue weighted by Gasteiger charge is -2.10. The van der Waals surface area contributed by atoms with Gasteiger partial charge in [-0.15, -0.1) is 10.2 Å². The quantitative estimate of drug-likeness (QED) is 0.487. The van der Waals surface area contributed by atoms with Crippen LogP contribution < -0.4 is 10.6 Å². The smallest absolute Gasteiger partial charge is 0.255 e. The average molecular weight is 412 g/mol. The zero-order valence-corrected chi connectivity index (χ0v) is 18.0. The molecule has 4 aromatic rings. The molecule has 2 aromatic carbocycles. The number of amides is 1. The maximum atomic E-state index is 12.5. The lowest BCUT2D eigenvalue weighted by molar-refractivity contribution is 0.102. The van der Waals surface area contributed by atoms with Crippen molar-refractivity contribution in [3.05, 3.63) is 88.7 Å². The van der Waals surface area contributed by atoms with Gasteiger partial charge in [0.25, 0.3) is 5.91 Å². The minimum Gasteiger partial charge on any atom is -0.339 e. The van der Waals surface area contributed by atoms with Crippen molar-refractivity contribution in [1.29, 1.82) is 0 Å². The highest BCUT2D eigenvalue weighted by Crippen LogP contribution is 2.20. The lowest BCUT2D eigenvalue weighted by atomic mass is 10.1. The molecule has 0 aliphatic rings. The molecule has 2 aromatic heterocycles. The third-order valence-corrected chi connectivity index (χ3v) is 5.33. The summed E-state index contributed by atoms with van der Waals surface area (Å²) in [5, 5.41) is 19.2. The van der Waals surface area contributed by atoms with Crippen molar-refractivity contribution < 1.29 is 4.79 Å². The zero-order chi connectivity index (χ0) is 22.0. The number of aromatic nitrogens is 4. The predicted octanol–water partition coefficient (Wildman–Crippen LogP) is 4.89. The second-order valence-corrected chi connectivity index (χ2v) is 7.46. The summed E-state index contributed by atoms with van der Waals surface area (Å²) in [6, 6.07) is 18.7. The summed E-state index contributed by atoms with van der Waals surface area (Å²) in [6.45, 7) is 7.97. The van der Waals surface area contributed by atoms with Crippen LogP contribution in [-0.4, -0.2) is 25.9 Å². The van der Waals surface area contributed by atoms with E-state index in [4.69, 9.17) is 0 Å². The number of nitrogens with one attached hydrogen (secondary N) is 2. The fourth-order valence-electron chi connectivity index (χ4n) is 3.26. The molecule has 0 aliphatic carbocycles. The molecule has 0 saturated heterocycles. The van der Waals surface area contributed by atoms with Crippen LogP contribution in [-0.2, 0) is 0 Å². The summed E-state index contributed by atoms with van der Waals surface area (Å²) in [4.78, 5) is 12.5. The summed E-state index contributed by atoms with van der Waals surface area (Å²) < 4.78 is 1.80. The second-order valence-electron chi connectivity index (χ2n) is 7.46. The van der Waals surface area contributed by atoms with Crippen LogP contribution in [0.1, 0.15) is 32.9 Å². The van der Waals surface area contributed by atoms with Crippen LogP contribution in [0.3, 0.4) is 0 Å². The van der Waals surface area contributed by atoms with E-state index in [2.05, 4.69) is 25.9 Å². The summed E-state index contributed by atoms with van der Waals surface area (Å²) in [6.07, 6.45) is 0. The van der Waals surface area contributed by atoms with E-state index >= 15 is 0 Å². The molecule has 156 valence electrons. The third kappa shape index (κ3) is 4.30. The number of nitrogens with zero attached hydrogens (tertiary/aromatic N) is 4. The van der Waals surface area contributed by atoms with Crippen molar-refractivity contribution in [2.75, 3.05) is 10.6 Å². The van der Waals surface area contributed by atoms with E-state index in [1.165, 1.54) is 0 Å². The van der Waals surface area contributed by atoms with Crippen LogP contribution in [0.5, 0.6) is 0 Å². The van der Waals surface area contributed by atoms with Gasteiger partial charge in [-0.1, -0.05) is 18.2 Å². The van der Waals surface area contributed by atoms with E-state index < -0.39 is 0 Å². The van der Waals surface area contributed by atoms with Crippen molar-refractivity contribution in [3.63, 3.8) is 0 Å². The van der Waals surface area contributed by atoms with Crippen molar-refractivity contribution in [1.82, 2.24) is 20.0 Å². The predicted molar refractivity (Wildman–Crippen MR) is 122 cm³/mol. The molecular weight excluding hydrogens is 388 g/mol. The molecule has 2 heterocycles. The first-order valence-electron chi connectivity index (χ1n) is 10.0. The summed E-state index contributed by atoms with van der Waals surface area (Å²) in [5.41, 5.74) is 6.36. The number of carbonyl (C=O) groups excluding carboxylic acids is 1. The molecule has 2 N–H and O–H groups in total. The van der Waals surface area contributed by atoms with Gasteiger partial charge in [0, 0.05) is 22.6 Å². The maximum Gasteiger partial charge on any atom is 0.255 e. The van der Waals surface area contributed by atoms with Crippen LogP contribution in [0.15, 0.2) is 60.7 Å². The summed E-state index contributed by atoms with van der Waals surface area (Å²) in [7, 11) is 0. The van der Waals surface area contributed by atoms with E-state index in [1.807, 2.05) is 88.4 Å². The maximum absolute atomic E-state index is 12.5. The van der Waals surface area contributed by atoms with Gasteiger partial charge in [0.05, 0.1) is 5.69 Å². The number of benzene rings is 2. The first-order valence-corrected chi connectivity index (χ1v) is 10.0. The number of carbonyl (C=O) groups is 1. The molecule has 0 saturated carbocycles. The molecule has 0 radical (unpaired) electrons. The van der Waals surface area contributed by atoms with Gasteiger partial charge in [0.2, 0.25) is 0 Å². The van der Waals surface area contributed by atoms with E-state index in [0.717, 1.165) is 33.9 Å². The van der Waals surface area contributed by atoms with Crippen LogP contribution in [0.25, 0.3) is 5.82 Å². The van der Waals surface area contributed by atoms with E-state index in [9.17, 15) is 4.79 Å². The fourth-order valence-corrected chi connectivity index (χ4v) is 3.26. The van der Waals surface area contributed by atoms with Gasteiger partial charge >= 0.3 is 0 Å². The summed E-state index contributed by atoms with van der Waals surface area (Å²) in [5.74, 6) is 1.17. The first-order chi connectivity index (χ1) is 14.9.